The molecule has 0 radical (unpaired) electrons. The van der Waals surface area contributed by atoms with Gasteiger partial charge in [-0.15, -0.1) is 0 Å². The molecule has 2 aromatic rings. The molecule has 0 spiro atoms. The van der Waals surface area contributed by atoms with Crippen LogP contribution >= 0.6 is 0 Å². The van der Waals surface area contributed by atoms with E-state index < -0.39 is 0 Å². The molecule has 118 valence electrons. The lowest BCUT2D eigenvalue weighted by atomic mass is 10.1. The summed E-state index contributed by atoms with van der Waals surface area (Å²) in [5.41, 5.74) is 1.80. The van der Waals surface area contributed by atoms with Gasteiger partial charge < -0.3 is 19.3 Å². The second-order valence-electron chi connectivity index (χ2n) is 5.65. The first kappa shape index (κ1) is 13.9. The molecule has 5 heteroatoms. The van der Waals surface area contributed by atoms with E-state index in [2.05, 4.69) is 17.0 Å². The summed E-state index contributed by atoms with van der Waals surface area (Å²) < 4.78 is 10.8. The van der Waals surface area contributed by atoms with Gasteiger partial charge in [0.2, 0.25) is 6.79 Å². The third-order valence-electron chi connectivity index (χ3n) is 4.32. The van der Waals surface area contributed by atoms with Gasteiger partial charge in [-0.05, 0) is 24.3 Å². The molecule has 5 nitrogen and oxygen atoms in total. The van der Waals surface area contributed by atoms with Crippen molar-refractivity contribution in [3.63, 3.8) is 0 Å². The largest absolute Gasteiger partial charge is 0.454 e. The fourth-order valence-electron chi connectivity index (χ4n) is 3.08. The second kappa shape index (κ2) is 5.83. The lowest BCUT2D eigenvalue weighted by Crippen LogP contribution is -2.48. The van der Waals surface area contributed by atoms with E-state index >= 15 is 0 Å². The van der Waals surface area contributed by atoms with E-state index in [-0.39, 0.29) is 12.7 Å². The van der Waals surface area contributed by atoms with Crippen LogP contribution < -0.4 is 14.4 Å². The van der Waals surface area contributed by atoms with Gasteiger partial charge in [0.05, 0.1) is 5.56 Å². The van der Waals surface area contributed by atoms with E-state index in [1.54, 1.807) is 6.07 Å². The van der Waals surface area contributed by atoms with Gasteiger partial charge in [0.1, 0.15) is 0 Å². The Morgan fingerprint density at radius 2 is 1.65 bits per heavy atom. The van der Waals surface area contributed by atoms with Gasteiger partial charge in [-0.25, -0.2) is 0 Å². The lowest BCUT2D eigenvalue weighted by molar-refractivity contribution is 0.0742. The highest BCUT2D eigenvalue weighted by atomic mass is 16.7. The molecule has 0 saturated carbocycles. The van der Waals surface area contributed by atoms with Gasteiger partial charge in [0, 0.05) is 31.9 Å². The normalized spacial score (nSPS) is 16.5. The van der Waals surface area contributed by atoms with Crippen LogP contribution in [0.15, 0.2) is 48.5 Å². The Labute approximate surface area is 135 Å². The molecule has 0 unspecified atom stereocenters. The molecule has 23 heavy (non-hydrogen) atoms. The average Bonchev–Trinajstić information content (AvgIpc) is 3.11. The predicted octanol–water partition coefficient (Wildman–Crippen LogP) is 2.38. The minimum atomic E-state index is 0.0139. The summed E-state index contributed by atoms with van der Waals surface area (Å²) in [5, 5.41) is 0. The number of hydrogen-bond acceptors (Lipinski definition) is 4. The number of nitrogens with zero attached hydrogens (tertiary/aromatic N) is 2. The van der Waals surface area contributed by atoms with Crippen LogP contribution in [0.1, 0.15) is 10.4 Å². The Morgan fingerprint density at radius 1 is 0.870 bits per heavy atom. The Morgan fingerprint density at radius 3 is 2.43 bits per heavy atom. The molecule has 2 heterocycles. The van der Waals surface area contributed by atoms with Crippen LogP contribution in [-0.4, -0.2) is 43.8 Å². The molecule has 0 atom stereocenters. The number of hydrogen-bond donors (Lipinski definition) is 0. The van der Waals surface area contributed by atoms with Crippen LogP contribution in [-0.2, 0) is 0 Å². The highest BCUT2D eigenvalue weighted by molar-refractivity contribution is 5.98. The Bertz CT molecular complexity index is 709. The minimum absolute atomic E-state index is 0.0139. The smallest absolute Gasteiger partial charge is 0.257 e. The van der Waals surface area contributed by atoms with Gasteiger partial charge >= 0.3 is 0 Å². The molecule has 1 saturated heterocycles. The standard InChI is InChI=1S/C18H18N2O3/c21-18(15-7-4-8-16-17(15)23-13-22-16)20-11-9-19(10-12-20)14-5-2-1-3-6-14/h1-8H,9-13H2. The van der Waals surface area contributed by atoms with Gasteiger partial charge in [-0.2, -0.15) is 0 Å². The van der Waals surface area contributed by atoms with Crippen LogP contribution in [0, 0.1) is 0 Å². The summed E-state index contributed by atoms with van der Waals surface area (Å²) in [6.07, 6.45) is 0. The minimum Gasteiger partial charge on any atom is -0.454 e. The molecule has 0 N–H and O–H groups in total. The number of carbonyl (C=O) groups is 1. The fourth-order valence-corrected chi connectivity index (χ4v) is 3.08. The van der Waals surface area contributed by atoms with Crippen molar-refractivity contribution in [3.05, 3.63) is 54.1 Å². The predicted molar refractivity (Wildman–Crippen MR) is 87.1 cm³/mol. The number of fused-ring (bicyclic) bond motifs is 1. The first-order chi connectivity index (χ1) is 11.3. The molecular weight excluding hydrogens is 292 g/mol. The van der Waals surface area contributed by atoms with E-state index in [4.69, 9.17) is 9.47 Å². The number of carbonyl (C=O) groups excluding carboxylic acids is 1. The van der Waals surface area contributed by atoms with E-state index in [0.29, 0.717) is 30.2 Å². The molecule has 1 fully saturated rings. The van der Waals surface area contributed by atoms with Crippen molar-refractivity contribution >= 4 is 11.6 Å². The van der Waals surface area contributed by atoms with Crippen molar-refractivity contribution < 1.29 is 14.3 Å². The monoisotopic (exact) mass is 310 g/mol. The quantitative estimate of drug-likeness (QED) is 0.854. The number of piperazine rings is 1. The molecule has 2 aliphatic heterocycles. The highest BCUT2D eigenvalue weighted by Crippen LogP contribution is 2.36. The molecule has 2 aliphatic rings. The van der Waals surface area contributed by atoms with Crippen molar-refractivity contribution in [1.29, 1.82) is 0 Å². The third kappa shape index (κ3) is 2.59. The number of anilines is 1. The summed E-state index contributed by atoms with van der Waals surface area (Å²) in [6, 6.07) is 15.8. The molecule has 0 aromatic heterocycles. The second-order valence-corrected chi connectivity index (χ2v) is 5.65. The fraction of sp³-hybridized carbons (Fsp3) is 0.278. The van der Waals surface area contributed by atoms with E-state index in [1.807, 2.05) is 35.2 Å². The number of amides is 1. The highest BCUT2D eigenvalue weighted by Gasteiger charge is 2.27. The SMILES string of the molecule is O=C(c1cccc2c1OCO2)N1CCN(c2ccccc2)CC1. The zero-order valence-electron chi connectivity index (χ0n) is 12.8. The van der Waals surface area contributed by atoms with Crippen molar-refractivity contribution in [2.24, 2.45) is 0 Å². The van der Waals surface area contributed by atoms with Gasteiger partial charge in [0.15, 0.2) is 11.5 Å². The zero-order valence-corrected chi connectivity index (χ0v) is 12.8. The van der Waals surface area contributed by atoms with E-state index in [1.165, 1.54) is 5.69 Å². The van der Waals surface area contributed by atoms with Crippen LogP contribution in [0.25, 0.3) is 0 Å². The Hall–Kier alpha value is -2.69. The molecule has 0 aliphatic carbocycles. The molecule has 2 aromatic carbocycles. The Balaban J connectivity index is 1.47. The summed E-state index contributed by atoms with van der Waals surface area (Å²) in [7, 11) is 0. The zero-order chi connectivity index (χ0) is 15.6. The van der Waals surface area contributed by atoms with Crippen LogP contribution in [0.3, 0.4) is 0 Å². The summed E-state index contributed by atoms with van der Waals surface area (Å²) in [5.74, 6) is 1.24. The average molecular weight is 310 g/mol. The van der Waals surface area contributed by atoms with Crippen LogP contribution in [0.4, 0.5) is 5.69 Å². The number of rotatable bonds is 2. The Kier molecular flexibility index (Phi) is 3.54. The molecule has 0 bridgehead atoms. The van der Waals surface area contributed by atoms with E-state index in [0.717, 1.165) is 13.1 Å². The maximum Gasteiger partial charge on any atom is 0.257 e. The first-order valence-corrected chi connectivity index (χ1v) is 7.81. The number of ether oxygens (including phenoxy) is 2. The van der Waals surface area contributed by atoms with Crippen LogP contribution in [0.2, 0.25) is 0 Å². The van der Waals surface area contributed by atoms with Crippen molar-refractivity contribution in [3.8, 4) is 11.5 Å². The van der Waals surface area contributed by atoms with Crippen molar-refractivity contribution in [2.45, 2.75) is 0 Å². The number of benzene rings is 2. The summed E-state index contributed by atoms with van der Waals surface area (Å²) in [4.78, 5) is 17.0. The molecule has 1 amide bonds. The third-order valence-corrected chi connectivity index (χ3v) is 4.32. The van der Waals surface area contributed by atoms with Gasteiger partial charge in [-0.3, -0.25) is 4.79 Å². The van der Waals surface area contributed by atoms with E-state index in [9.17, 15) is 4.79 Å². The maximum absolute atomic E-state index is 12.8. The summed E-state index contributed by atoms with van der Waals surface area (Å²) in [6.45, 7) is 3.27. The molecule has 4 rings (SSSR count). The maximum atomic E-state index is 12.8. The topological polar surface area (TPSA) is 42.0 Å². The van der Waals surface area contributed by atoms with Gasteiger partial charge in [-0.1, -0.05) is 24.3 Å². The molecular formula is C18H18N2O3. The van der Waals surface area contributed by atoms with Crippen LogP contribution in [0.5, 0.6) is 11.5 Å². The van der Waals surface area contributed by atoms with Crippen molar-refractivity contribution in [2.75, 3.05) is 37.9 Å². The lowest BCUT2D eigenvalue weighted by Gasteiger charge is -2.36. The summed E-state index contributed by atoms with van der Waals surface area (Å²) >= 11 is 0. The first-order valence-electron chi connectivity index (χ1n) is 7.81. The van der Waals surface area contributed by atoms with Gasteiger partial charge in [0.25, 0.3) is 5.91 Å². The van der Waals surface area contributed by atoms with Crippen molar-refractivity contribution in [1.82, 2.24) is 4.90 Å². The number of para-hydroxylation sites is 2.